The summed E-state index contributed by atoms with van der Waals surface area (Å²) in [5.74, 6) is 0.966. The zero-order chi connectivity index (χ0) is 18.1. The molecule has 6 nitrogen and oxygen atoms in total. The molecule has 0 aromatic heterocycles. The second kappa shape index (κ2) is 12.8. The molecule has 0 unspecified atom stereocenters. The van der Waals surface area contributed by atoms with Crippen molar-refractivity contribution in [1.82, 2.24) is 20.9 Å². The zero-order valence-electron chi connectivity index (χ0n) is 16.7. The molecule has 0 atom stereocenters. The lowest BCUT2D eigenvalue weighted by Crippen LogP contribution is -2.50. The summed E-state index contributed by atoms with van der Waals surface area (Å²) in [5, 5.41) is 9.95. The number of aliphatic imine (C=N–C) groups is 1. The highest BCUT2D eigenvalue weighted by atomic mass is 127. The van der Waals surface area contributed by atoms with Crippen LogP contribution in [0.3, 0.4) is 0 Å². The molecule has 1 saturated heterocycles. The highest BCUT2D eigenvalue weighted by Gasteiger charge is 2.21. The van der Waals surface area contributed by atoms with Crippen molar-refractivity contribution in [1.29, 1.82) is 0 Å². The Morgan fingerprint density at radius 1 is 1.04 bits per heavy atom. The van der Waals surface area contributed by atoms with Gasteiger partial charge in [-0.1, -0.05) is 19.3 Å². The Balaban J connectivity index is 0.00000338. The summed E-state index contributed by atoms with van der Waals surface area (Å²) in [6.07, 6.45) is 8.86. The number of hydrogen-bond acceptors (Lipinski definition) is 3. The van der Waals surface area contributed by atoms with Gasteiger partial charge in [0.05, 0.1) is 0 Å². The smallest absolute Gasteiger partial charge is 0.221 e. The molecule has 7 heteroatoms. The topological polar surface area (TPSA) is 68.8 Å². The van der Waals surface area contributed by atoms with E-state index in [0.717, 1.165) is 44.7 Å². The summed E-state index contributed by atoms with van der Waals surface area (Å²) >= 11 is 0. The monoisotopic (exact) mass is 479 g/mol. The quantitative estimate of drug-likeness (QED) is 0.311. The number of nitrogens with one attached hydrogen (secondary N) is 3. The zero-order valence-corrected chi connectivity index (χ0v) is 19.1. The lowest BCUT2D eigenvalue weighted by molar-refractivity contribution is -0.121. The number of hydrogen-bond donors (Lipinski definition) is 3. The number of carbonyl (C=O) groups excluding carboxylic acids is 1. The van der Waals surface area contributed by atoms with Crippen molar-refractivity contribution in [2.75, 3.05) is 26.7 Å². The van der Waals surface area contributed by atoms with Gasteiger partial charge in [-0.15, -0.1) is 24.0 Å². The molecular weight excluding hydrogens is 441 g/mol. The first-order valence-corrected chi connectivity index (χ1v) is 10.1. The number of amides is 1. The molecule has 1 heterocycles. The number of piperidine rings is 1. The van der Waals surface area contributed by atoms with Gasteiger partial charge in [0, 0.05) is 51.2 Å². The molecule has 0 aromatic carbocycles. The van der Waals surface area contributed by atoms with E-state index in [1.165, 1.54) is 19.3 Å². The van der Waals surface area contributed by atoms with Gasteiger partial charge in [0.1, 0.15) is 0 Å². The number of likely N-dealkylation sites (tertiary alicyclic amines) is 1. The molecular formula is C19H38IN5O. The van der Waals surface area contributed by atoms with Gasteiger partial charge in [0.25, 0.3) is 0 Å². The molecule has 1 aliphatic heterocycles. The second-order valence-corrected chi connectivity index (χ2v) is 7.70. The number of halogens is 1. The third-order valence-corrected chi connectivity index (χ3v) is 5.44. The highest BCUT2D eigenvalue weighted by Crippen LogP contribution is 2.17. The van der Waals surface area contributed by atoms with Crippen molar-refractivity contribution in [3.05, 3.63) is 0 Å². The summed E-state index contributed by atoms with van der Waals surface area (Å²) < 4.78 is 0. The fraction of sp³-hybridized carbons (Fsp3) is 0.895. The van der Waals surface area contributed by atoms with Crippen LogP contribution in [0, 0.1) is 0 Å². The van der Waals surface area contributed by atoms with Crippen LogP contribution in [-0.2, 0) is 4.79 Å². The predicted molar refractivity (Wildman–Crippen MR) is 119 cm³/mol. The summed E-state index contributed by atoms with van der Waals surface area (Å²) in [4.78, 5) is 18.9. The predicted octanol–water partition coefficient (Wildman–Crippen LogP) is 2.48. The first kappa shape index (κ1) is 23.5. The maximum absolute atomic E-state index is 12.1. The Morgan fingerprint density at radius 2 is 1.65 bits per heavy atom. The van der Waals surface area contributed by atoms with Gasteiger partial charge in [-0.25, -0.2) is 0 Å². The first-order valence-electron chi connectivity index (χ1n) is 10.1. The minimum absolute atomic E-state index is 0. The van der Waals surface area contributed by atoms with E-state index in [9.17, 15) is 4.79 Å². The van der Waals surface area contributed by atoms with E-state index in [2.05, 4.69) is 39.7 Å². The van der Waals surface area contributed by atoms with Crippen molar-refractivity contribution in [2.24, 2.45) is 4.99 Å². The molecule has 2 fully saturated rings. The van der Waals surface area contributed by atoms with Gasteiger partial charge < -0.3 is 20.9 Å². The average molecular weight is 479 g/mol. The van der Waals surface area contributed by atoms with Crippen LogP contribution in [0.2, 0.25) is 0 Å². The number of rotatable bonds is 6. The van der Waals surface area contributed by atoms with Gasteiger partial charge in [0.15, 0.2) is 5.96 Å². The van der Waals surface area contributed by atoms with Gasteiger partial charge in [0.2, 0.25) is 5.91 Å². The Hall–Kier alpha value is -0.570. The average Bonchev–Trinajstić information content (AvgIpc) is 2.62. The Morgan fingerprint density at radius 3 is 2.23 bits per heavy atom. The van der Waals surface area contributed by atoms with Gasteiger partial charge >= 0.3 is 0 Å². The molecule has 0 radical (unpaired) electrons. The van der Waals surface area contributed by atoms with Crippen molar-refractivity contribution in [3.8, 4) is 0 Å². The van der Waals surface area contributed by atoms with Crippen LogP contribution >= 0.6 is 24.0 Å². The minimum Gasteiger partial charge on any atom is -0.356 e. The minimum atomic E-state index is 0. The van der Waals surface area contributed by atoms with Gasteiger partial charge in [-0.3, -0.25) is 9.79 Å². The largest absolute Gasteiger partial charge is 0.356 e. The van der Waals surface area contributed by atoms with E-state index in [1.54, 1.807) is 7.05 Å². The fourth-order valence-electron chi connectivity index (χ4n) is 3.79. The summed E-state index contributed by atoms with van der Waals surface area (Å²) in [7, 11) is 1.79. The third kappa shape index (κ3) is 8.41. The number of guanidine groups is 1. The molecule has 0 bridgehead atoms. The molecule has 1 aliphatic carbocycles. The van der Waals surface area contributed by atoms with Crippen LogP contribution in [0.25, 0.3) is 0 Å². The van der Waals surface area contributed by atoms with Crippen LogP contribution in [0.15, 0.2) is 4.99 Å². The Bertz CT molecular complexity index is 430. The molecule has 0 spiro atoms. The molecule has 152 valence electrons. The first-order chi connectivity index (χ1) is 12.1. The van der Waals surface area contributed by atoms with Crippen molar-refractivity contribution < 1.29 is 4.79 Å². The highest BCUT2D eigenvalue weighted by molar-refractivity contribution is 14.0. The maximum Gasteiger partial charge on any atom is 0.221 e. The lowest BCUT2D eigenvalue weighted by Gasteiger charge is -2.35. The molecule has 2 aliphatic rings. The second-order valence-electron chi connectivity index (χ2n) is 7.70. The molecule has 3 N–H and O–H groups in total. The van der Waals surface area contributed by atoms with Crippen molar-refractivity contribution in [2.45, 2.75) is 83.3 Å². The van der Waals surface area contributed by atoms with E-state index >= 15 is 0 Å². The van der Waals surface area contributed by atoms with E-state index in [-0.39, 0.29) is 29.9 Å². The van der Waals surface area contributed by atoms with E-state index in [4.69, 9.17) is 0 Å². The van der Waals surface area contributed by atoms with Crippen LogP contribution < -0.4 is 16.0 Å². The van der Waals surface area contributed by atoms with Crippen LogP contribution in [0.1, 0.15) is 65.2 Å². The number of carbonyl (C=O) groups is 1. The van der Waals surface area contributed by atoms with Crippen LogP contribution in [0.5, 0.6) is 0 Å². The molecule has 1 amide bonds. The molecule has 0 aromatic rings. The Kier molecular flexibility index (Phi) is 11.5. The van der Waals surface area contributed by atoms with E-state index in [1.807, 2.05) is 0 Å². The van der Waals surface area contributed by atoms with Gasteiger partial charge in [-0.05, 0) is 39.5 Å². The van der Waals surface area contributed by atoms with E-state index < -0.39 is 0 Å². The molecule has 1 saturated carbocycles. The fourth-order valence-corrected chi connectivity index (χ4v) is 3.79. The van der Waals surface area contributed by atoms with Gasteiger partial charge in [-0.2, -0.15) is 0 Å². The summed E-state index contributed by atoms with van der Waals surface area (Å²) in [5.41, 5.74) is 0. The van der Waals surface area contributed by atoms with Crippen LogP contribution in [-0.4, -0.2) is 61.6 Å². The molecule has 26 heavy (non-hydrogen) atoms. The normalized spacial score (nSPS) is 20.5. The molecule has 2 rings (SSSR count). The number of nitrogens with zero attached hydrogens (tertiary/aromatic N) is 2. The summed E-state index contributed by atoms with van der Waals surface area (Å²) in [6, 6.07) is 1.49. The van der Waals surface area contributed by atoms with Crippen LogP contribution in [0.4, 0.5) is 0 Å². The SMILES string of the molecule is CN=C(NCCC(=O)NC1CCCCC1)NC1CCN(C(C)C)CC1.I. The standard InChI is InChI=1S/C19H37N5O.HI/c1-15(2)24-13-10-17(11-14-24)23-19(20-3)21-12-9-18(25)22-16-7-5-4-6-8-16;/h15-17H,4-14H2,1-3H3,(H,22,25)(H2,20,21,23);1H. The third-order valence-electron chi connectivity index (χ3n) is 5.44. The van der Waals surface area contributed by atoms with Crippen molar-refractivity contribution in [3.63, 3.8) is 0 Å². The van der Waals surface area contributed by atoms with E-state index in [0.29, 0.717) is 31.1 Å². The maximum atomic E-state index is 12.1. The summed E-state index contributed by atoms with van der Waals surface area (Å²) in [6.45, 7) is 7.41. The Labute approximate surface area is 176 Å². The van der Waals surface area contributed by atoms with Crippen molar-refractivity contribution >= 4 is 35.8 Å². The lowest BCUT2D eigenvalue weighted by atomic mass is 9.95.